The molecule has 1 aliphatic heterocycles. The Bertz CT molecular complexity index is 493. The molecule has 110 valence electrons. The van der Waals surface area contributed by atoms with Crippen molar-refractivity contribution in [3.63, 3.8) is 0 Å². The second-order valence-corrected chi connectivity index (χ2v) is 6.65. The molecular weight excluding hydrogens is 318 g/mol. The molecule has 1 aromatic carbocycles. The third kappa shape index (κ3) is 2.91. The van der Waals surface area contributed by atoms with Gasteiger partial charge in [-0.3, -0.25) is 4.79 Å². The van der Waals surface area contributed by atoms with Crippen molar-refractivity contribution in [2.24, 2.45) is 11.3 Å². The summed E-state index contributed by atoms with van der Waals surface area (Å²) in [5.41, 5.74) is 0.781. The summed E-state index contributed by atoms with van der Waals surface area (Å²) >= 11 is 3.53. The van der Waals surface area contributed by atoms with Crippen molar-refractivity contribution in [1.29, 1.82) is 0 Å². The lowest BCUT2D eigenvalue weighted by atomic mass is 9.71. The van der Waals surface area contributed by atoms with E-state index in [0.29, 0.717) is 18.1 Å². The predicted octanol–water partition coefficient (Wildman–Crippen LogP) is 3.21. The van der Waals surface area contributed by atoms with Gasteiger partial charge in [-0.2, -0.15) is 0 Å². The van der Waals surface area contributed by atoms with Crippen molar-refractivity contribution in [3.8, 4) is 5.75 Å². The lowest BCUT2D eigenvalue weighted by Crippen LogP contribution is -2.39. The van der Waals surface area contributed by atoms with Crippen LogP contribution in [-0.4, -0.2) is 26.0 Å². The number of nitrogens with one attached hydrogen (secondary N) is 1. The summed E-state index contributed by atoms with van der Waals surface area (Å²) in [6, 6.07) is 5.78. The number of rotatable bonds is 5. The van der Waals surface area contributed by atoms with Gasteiger partial charge in [0.1, 0.15) is 11.5 Å². The molecule has 20 heavy (non-hydrogen) atoms. The van der Waals surface area contributed by atoms with Gasteiger partial charge in [0.05, 0.1) is 7.11 Å². The van der Waals surface area contributed by atoms with Gasteiger partial charge in [0.25, 0.3) is 0 Å². The molecule has 0 radical (unpaired) electrons. The number of ether oxygens (including phenoxy) is 1. The maximum absolute atomic E-state index is 12.8. The fourth-order valence-electron chi connectivity index (χ4n) is 2.93. The van der Waals surface area contributed by atoms with Gasteiger partial charge in [-0.05, 0) is 42.6 Å². The summed E-state index contributed by atoms with van der Waals surface area (Å²) in [5.74, 6) is 1.47. The lowest BCUT2D eigenvalue weighted by Gasteiger charge is -2.31. The van der Waals surface area contributed by atoms with Crippen LogP contribution in [-0.2, 0) is 11.2 Å². The standard InChI is InChI=1S/C16H22BrNO2/c1-11(2)16(6-7-18-10-16)15(19)9-12-8-13(20-3)4-5-14(12)17/h4-5,8,11,18H,6-7,9-10H2,1-3H3. The zero-order valence-corrected chi connectivity index (χ0v) is 13.9. The molecule has 0 spiro atoms. The molecular formula is C16H22BrNO2. The Kier molecular flexibility index (Phi) is 4.86. The van der Waals surface area contributed by atoms with Gasteiger partial charge in [-0.15, -0.1) is 0 Å². The van der Waals surface area contributed by atoms with Crippen LogP contribution < -0.4 is 10.1 Å². The average Bonchev–Trinajstić information content (AvgIpc) is 2.92. The quantitative estimate of drug-likeness (QED) is 0.895. The Morgan fingerprint density at radius 2 is 2.25 bits per heavy atom. The minimum Gasteiger partial charge on any atom is -0.497 e. The third-order valence-electron chi connectivity index (χ3n) is 4.45. The molecule has 0 aliphatic carbocycles. The van der Waals surface area contributed by atoms with Gasteiger partial charge in [0, 0.05) is 22.9 Å². The van der Waals surface area contributed by atoms with Crippen molar-refractivity contribution in [3.05, 3.63) is 28.2 Å². The smallest absolute Gasteiger partial charge is 0.145 e. The van der Waals surface area contributed by atoms with Gasteiger partial charge in [-0.1, -0.05) is 29.8 Å². The van der Waals surface area contributed by atoms with E-state index in [-0.39, 0.29) is 5.41 Å². The van der Waals surface area contributed by atoms with Crippen molar-refractivity contribution in [1.82, 2.24) is 5.32 Å². The summed E-state index contributed by atoms with van der Waals surface area (Å²) in [6.45, 7) is 6.02. The van der Waals surface area contributed by atoms with Crippen molar-refractivity contribution in [2.45, 2.75) is 26.7 Å². The van der Waals surface area contributed by atoms with E-state index in [4.69, 9.17) is 4.74 Å². The van der Waals surface area contributed by atoms with E-state index in [2.05, 4.69) is 35.1 Å². The van der Waals surface area contributed by atoms with E-state index in [0.717, 1.165) is 35.3 Å². The molecule has 4 heteroatoms. The van der Waals surface area contributed by atoms with E-state index in [1.54, 1.807) is 7.11 Å². The summed E-state index contributed by atoms with van der Waals surface area (Å²) in [7, 11) is 1.64. The Balaban J connectivity index is 2.22. The molecule has 1 atom stereocenters. The molecule has 1 aromatic rings. The molecule has 2 rings (SSSR count). The second kappa shape index (κ2) is 6.27. The van der Waals surface area contributed by atoms with Crippen molar-refractivity contribution < 1.29 is 9.53 Å². The van der Waals surface area contributed by atoms with Gasteiger partial charge < -0.3 is 10.1 Å². The maximum atomic E-state index is 12.8. The number of hydrogen-bond acceptors (Lipinski definition) is 3. The first-order valence-electron chi connectivity index (χ1n) is 7.06. The molecule has 1 aliphatic rings. The number of benzene rings is 1. The van der Waals surface area contributed by atoms with Gasteiger partial charge >= 0.3 is 0 Å². The highest BCUT2D eigenvalue weighted by molar-refractivity contribution is 9.10. The van der Waals surface area contributed by atoms with Crippen molar-refractivity contribution in [2.75, 3.05) is 20.2 Å². The number of hydrogen-bond donors (Lipinski definition) is 1. The zero-order valence-electron chi connectivity index (χ0n) is 12.3. The van der Waals surface area contributed by atoms with Crippen molar-refractivity contribution >= 4 is 21.7 Å². The van der Waals surface area contributed by atoms with E-state index >= 15 is 0 Å². The van der Waals surface area contributed by atoms with E-state index in [1.165, 1.54) is 0 Å². The number of carbonyl (C=O) groups is 1. The topological polar surface area (TPSA) is 38.3 Å². The summed E-state index contributed by atoms with van der Waals surface area (Å²) in [4.78, 5) is 12.8. The Hall–Kier alpha value is -0.870. The molecule has 1 N–H and O–H groups in total. The highest BCUT2D eigenvalue weighted by Gasteiger charge is 2.43. The van der Waals surface area contributed by atoms with Crippen LogP contribution >= 0.6 is 15.9 Å². The zero-order chi connectivity index (χ0) is 14.8. The minimum absolute atomic E-state index is 0.220. The van der Waals surface area contributed by atoms with Crippen LogP contribution in [0.1, 0.15) is 25.8 Å². The van der Waals surface area contributed by atoms with Crippen LogP contribution in [0.25, 0.3) is 0 Å². The molecule has 0 saturated carbocycles. The largest absolute Gasteiger partial charge is 0.497 e. The molecule has 3 nitrogen and oxygen atoms in total. The molecule has 0 bridgehead atoms. The number of Topliss-reactive ketones (excluding diaryl/α,β-unsaturated/α-hetero) is 1. The highest BCUT2D eigenvalue weighted by Crippen LogP contribution is 2.37. The molecule has 1 saturated heterocycles. The first-order chi connectivity index (χ1) is 9.49. The minimum atomic E-state index is -0.220. The van der Waals surface area contributed by atoms with Gasteiger partial charge in [0.2, 0.25) is 0 Å². The fourth-order valence-corrected chi connectivity index (χ4v) is 3.31. The average molecular weight is 340 g/mol. The van der Waals surface area contributed by atoms with Crippen LogP contribution in [0.3, 0.4) is 0 Å². The fraction of sp³-hybridized carbons (Fsp3) is 0.562. The first kappa shape index (κ1) is 15.5. The number of ketones is 1. The number of halogens is 1. The van der Waals surface area contributed by atoms with Crippen LogP contribution in [0.15, 0.2) is 22.7 Å². The molecule has 0 amide bonds. The van der Waals surface area contributed by atoms with Crippen LogP contribution in [0, 0.1) is 11.3 Å². The summed E-state index contributed by atoms with van der Waals surface area (Å²) in [5, 5.41) is 3.34. The normalized spacial score (nSPS) is 22.2. The second-order valence-electron chi connectivity index (χ2n) is 5.79. The predicted molar refractivity (Wildman–Crippen MR) is 84.2 cm³/mol. The van der Waals surface area contributed by atoms with E-state index in [9.17, 15) is 4.79 Å². The van der Waals surface area contributed by atoms with Crippen LogP contribution in [0.2, 0.25) is 0 Å². The lowest BCUT2D eigenvalue weighted by molar-refractivity contribution is -0.129. The van der Waals surface area contributed by atoms with E-state index < -0.39 is 0 Å². The molecule has 0 aromatic heterocycles. The van der Waals surface area contributed by atoms with Crippen LogP contribution in [0.5, 0.6) is 5.75 Å². The summed E-state index contributed by atoms with van der Waals surface area (Å²) < 4.78 is 6.21. The number of carbonyl (C=O) groups excluding carboxylic acids is 1. The van der Waals surface area contributed by atoms with Gasteiger partial charge in [-0.25, -0.2) is 0 Å². The van der Waals surface area contributed by atoms with E-state index in [1.807, 2.05) is 18.2 Å². The monoisotopic (exact) mass is 339 g/mol. The Morgan fingerprint density at radius 3 is 2.80 bits per heavy atom. The van der Waals surface area contributed by atoms with Crippen LogP contribution in [0.4, 0.5) is 0 Å². The Morgan fingerprint density at radius 1 is 1.50 bits per heavy atom. The van der Waals surface area contributed by atoms with Gasteiger partial charge in [0.15, 0.2) is 0 Å². The maximum Gasteiger partial charge on any atom is 0.145 e. The third-order valence-corrected chi connectivity index (χ3v) is 5.23. The summed E-state index contributed by atoms with van der Waals surface area (Å²) in [6.07, 6.45) is 1.39. The number of methoxy groups -OCH3 is 1. The molecule has 1 fully saturated rings. The SMILES string of the molecule is COc1ccc(Br)c(CC(=O)C2(C(C)C)CCNC2)c1. The first-order valence-corrected chi connectivity index (χ1v) is 7.85. The Labute approximate surface area is 129 Å². The highest BCUT2D eigenvalue weighted by atomic mass is 79.9. The molecule has 1 heterocycles. The molecule has 1 unspecified atom stereocenters.